The minimum absolute atomic E-state index is 0.0302. The van der Waals surface area contributed by atoms with Gasteiger partial charge < -0.3 is 26.2 Å². The molecule has 0 fully saturated rings. The van der Waals surface area contributed by atoms with Crippen molar-refractivity contribution in [1.82, 2.24) is 4.98 Å². The van der Waals surface area contributed by atoms with E-state index >= 15 is 0 Å². The number of aromatic hydroxyl groups is 1. The van der Waals surface area contributed by atoms with Gasteiger partial charge in [-0.15, -0.1) is 0 Å². The molecule has 1 aromatic heterocycles. The molecule has 0 spiro atoms. The first-order valence-electron chi connectivity index (χ1n) is 10.8. The molecule has 34 heavy (non-hydrogen) atoms. The third-order valence-corrected chi connectivity index (χ3v) is 7.11. The van der Waals surface area contributed by atoms with Gasteiger partial charge in [0.05, 0.1) is 11.3 Å². The van der Waals surface area contributed by atoms with Crippen LogP contribution in [0.15, 0.2) is 53.0 Å². The molecule has 1 amide bonds. The number of phenols is 1. The Morgan fingerprint density at radius 2 is 1.85 bits per heavy atom. The maximum atomic E-state index is 13.6. The number of carbonyl (C=O) groups excluding carboxylic acids is 3. The lowest BCUT2D eigenvalue weighted by molar-refractivity contribution is -0.144. The van der Waals surface area contributed by atoms with E-state index in [4.69, 9.17) is 5.73 Å². The summed E-state index contributed by atoms with van der Waals surface area (Å²) in [7, 11) is 0. The van der Waals surface area contributed by atoms with E-state index in [2.05, 4.69) is 4.98 Å². The summed E-state index contributed by atoms with van der Waals surface area (Å²) in [5.74, 6) is -6.45. The van der Waals surface area contributed by atoms with Gasteiger partial charge in [-0.2, -0.15) is 0 Å². The second-order valence-corrected chi connectivity index (χ2v) is 9.06. The van der Waals surface area contributed by atoms with Crippen molar-refractivity contribution >= 4 is 17.5 Å². The van der Waals surface area contributed by atoms with E-state index in [1.807, 2.05) is 19.1 Å². The monoisotopic (exact) mass is 462 g/mol. The molecule has 0 saturated carbocycles. The molecular weight excluding hydrogens is 440 g/mol. The van der Waals surface area contributed by atoms with Crippen LogP contribution in [0.1, 0.15) is 34.5 Å². The van der Waals surface area contributed by atoms with E-state index < -0.39 is 52.0 Å². The zero-order chi connectivity index (χ0) is 24.5. The summed E-state index contributed by atoms with van der Waals surface area (Å²) >= 11 is 0. The number of Topliss-reactive ketones (excluding diaryl/α,β-unsaturated/α-hetero) is 2. The molecule has 3 atom stereocenters. The highest BCUT2D eigenvalue weighted by atomic mass is 16.3. The highest BCUT2D eigenvalue weighted by molar-refractivity contribution is 6.24. The summed E-state index contributed by atoms with van der Waals surface area (Å²) < 4.78 is 0. The van der Waals surface area contributed by atoms with Crippen molar-refractivity contribution in [2.75, 3.05) is 0 Å². The van der Waals surface area contributed by atoms with Gasteiger partial charge >= 0.3 is 0 Å². The van der Waals surface area contributed by atoms with Crippen molar-refractivity contribution in [3.63, 3.8) is 0 Å². The van der Waals surface area contributed by atoms with Gasteiger partial charge in [-0.05, 0) is 55.5 Å². The lowest BCUT2D eigenvalue weighted by Crippen LogP contribution is -2.57. The number of fused-ring (bicyclic) bond motifs is 3. The average Bonchev–Trinajstić information content (AvgIpc) is 2.76. The SMILES string of the molecule is Cc1cccc(-c2ccc(O)c3c2C[C@H]2C[C@H]4CC(O)=C(C(N)=O)C(=O)[C@@]4(O)C(O)=C2C3=O)n1. The molecule has 9 heteroatoms. The second-order valence-electron chi connectivity index (χ2n) is 9.06. The summed E-state index contributed by atoms with van der Waals surface area (Å²) in [5.41, 5.74) is 4.23. The molecule has 174 valence electrons. The van der Waals surface area contributed by atoms with Crippen molar-refractivity contribution in [2.45, 2.75) is 31.8 Å². The minimum Gasteiger partial charge on any atom is -0.511 e. The van der Waals surface area contributed by atoms with Gasteiger partial charge in [-0.3, -0.25) is 19.4 Å². The molecular formula is C25H22N2O7. The van der Waals surface area contributed by atoms with E-state index in [0.717, 1.165) is 5.69 Å². The van der Waals surface area contributed by atoms with Crippen molar-refractivity contribution < 1.29 is 34.8 Å². The van der Waals surface area contributed by atoms with Crippen LogP contribution in [0.4, 0.5) is 0 Å². The molecule has 1 heterocycles. The van der Waals surface area contributed by atoms with E-state index in [1.54, 1.807) is 12.1 Å². The normalized spacial score (nSPS) is 26.2. The molecule has 3 aliphatic rings. The number of nitrogens with zero attached hydrogens (tertiary/aromatic N) is 1. The number of amides is 1. The molecule has 0 unspecified atom stereocenters. The summed E-state index contributed by atoms with van der Waals surface area (Å²) in [6.07, 6.45) is 0.0503. The fraction of sp³-hybridized carbons (Fsp3) is 0.280. The molecule has 1 aromatic carbocycles. The third-order valence-electron chi connectivity index (χ3n) is 7.11. The zero-order valence-corrected chi connectivity index (χ0v) is 18.2. The van der Waals surface area contributed by atoms with Gasteiger partial charge in [0.1, 0.15) is 22.8 Å². The third kappa shape index (κ3) is 2.83. The fourth-order valence-corrected chi connectivity index (χ4v) is 5.55. The molecule has 0 saturated heterocycles. The number of aliphatic hydroxyl groups is 3. The highest BCUT2D eigenvalue weighted by Crippen LogP contribution is 2.52. The number of pyridine rings is 1. The average molecular weight is 462 g/mol. The van der Waals surface area contributed by atoms with Crippen LogP contribution < -0.4 is 5.73 Å². The van der Waals surface area contributed by atoms with Gasteiger partial charge in [-0.1, -0.05) is 6.07 Å². The molecule has 0 bridgehead atoms. The van der Waals surface area contributed by atoms with Crippen LogP contribution in [0.5, 0.6) is 5.75 Å². The fourth-order valence-electron chi connectivity index (χ4n) is 5.55. The number of nitrogens with two attached hydrogens (primary N) is 1. The zero-order valence-electron chi connectivity index (χ0n) is 18.2. The Morgan fingerprint density at radius 3 is 2.53 bits per heavy atom. The lowest BCUT2D eigenvalue weighted by Gasteiger charge is -2.45. The summed E-state index contributed by atoms with van der Waals surface area (Å²) in [5, 5.41) is 43.1. The number of aryl methyl sites for hydroxylation is 1. The summed E-state index contributed by atoms with van der Waals surface area (Å²) in [6, 6.07) is 8.50. The Kier molecular flexibility index (Phi) is 4.66. The number of hydrogen-bond donors (Lipinski definition) is 5. The van der Waals surface area contributed by atoms with Crippen molar-refractivity contribution in [2.24, 2.45) is 17.6 Å². The van der Waals surface area contributed by atoms with Crippen molar-refractivity contribution in [1.29, 1.82) is 0 Å². The first-order valence-corrected chi connectivity index (χ1v) is 10.8. The lowest BCUT2D eigenvalue weighted by atomic mass is 9.60. The van der Waals surface area contributed by atoms with Gasteiger partial charge in [-0.25, -0.2) is 0 Å². The molecule has 0 aliphatic heterocycles. The number of phenolic OH excluding ortho intramolecular Hbond substituents is 1. The number of aromatic nitrogens is 1. The van der Waals surface area contributed by atoms with Crippen LogP contribution in [0.25, 0.3) is 11.3 Å². The minimum atomic E-state index is -2.57. The molecule has 5 rings (SSSR count). The molecule has 2 aromatic rings. The second kappa shape index (κ2) is 7.26. The predicted molar refractivity (Wildman–Crippen MR) is 119 cm³/mol. The standard InChI is InChI=1S/C25H22N2O7/c1-10-3-2-4-15(27-10)13-5-6-16(28)19-14(13)8-11-7-12-9-17(29)20(24(26)33)23(32)25(12,34)22(31)18(11)21(19)30/h2-6,11-12,28-29,31,34H,7-9H2,1H3,(H2,26,33)/t11-,12+,25+/m1/s1. The molecule has 3 aliphatic carbocycles. The van der Waals surface area contributed by atoms with Crippen LogP contribution in [0.2, 0.25) is 0 Å². The van der Waals surface area contributed by atoms with Crippen LogP contribution in [0, 0.1) is 18.8 Å². The summed E-state index contributed by atoms with van der Waals surface area (Å²) in [6.45, 7) is 1.84. The van der Waals surface area contributed by atoms with Gasteiger partial charge in [0, 0.05) is 29.2 Å². The van der Waals surface area contributed by atoms with Crippen molar-refractivity contribution in [3.8, 4) is 17.0 Å². The van der Waals surface area contributed by atoms with E-state index in [1.165, 1.54) is 6.07 Å². The van der Waals surface area contributed by atoms with Gasteiger partial charge in [0.2, 0.25) is 5.78 Å². The van der Waals surface area contributed by atoms with E-state index in [-0.39, 0.29) is 36.1 Å². The first kappa shape index (κ1) is 21.8. The topological polar surface area (TPSA) is 171 Å². The number of primary amides is 1. The Balaban J connectivity index is 1.69. The van der Waals surface area contributed by atoms with Gasteiger partial charge in [0.25, 0.3) is 5.91 Å². The Hall–Kier alpha value is -3.98. The number of benzene rings is 1. The Morgan fingerprint density at radius 1 is 1.12 bits per heavy atom. The van der Waals surface area contributed by atoms with E-state index in [9.17, 15) is 34.8 Å². The molecule has 6 N–H and O–H groups in total. The number of hydrogen-bond acceptors (Lipinski definition) is 8. The highest BCUT2D eigenvalue weighted by Gasteiger charge is 2.59. The largest absolute Gasteiger partial charge is 0.511 e. The number of aliphatic hydroxyl groups excluding tert-OH is 2. The van der Waals surface area contributed by atoms with Crippen LogP contribution in [-0.2, 0) is 16.0 Å². The van der Waals surface area contributed by atoms with Gasteiger partial charge in [0.15, 0.2) is 11.4 Å². The van der Waals surface area contributed by atoms with Crippen LogP contribution in [-0.4, -0.2) is 48.5 Å². The number of carbonyl (C=O) groups is 3. The first-order chi connectivity index (χ1) is 16.1. The van der Waals surface area contributed by atoms with Crippen LogP contribution in [0.3, 0.4) is 0 Å². The smallest absolute Gasteiger partial charge is 0.255 e. The maximum Gasteiger partial charge on any atom is 0.255 e. The molecule has 0 radical (unpaired) electrons. The van der Waals surface area contributed by atoms with Crippen molar-refractivity contribution in [3.05, 3.63) is 69.8 Å². The predicted octanol–water partition coefficient (Wildman–Crippen LogP) is 1.95. The molecule has 9 nitrogen and oxygen atoms in total. The Bertz CT molecular complexity index is 1370. The Labute approximate surface area is 193 Å². The number of ketones is 2. The quantitative estimate of drug-likeness (QED) is 0.421. The van der Waals surface area contributed by atoms with Crippen LogP contribution >= 0.6 is 0 Å². The number of rotatable bonds is 2. The van der Waals surface area contributed by atoms with E-state index in [0.29, 0.717) is 16.8 Å². The summed E-state index contributed by atoms with van der Waals surface area (Å²) in [4.78, 5) is 42.8. The number of allylic oxidation sites excluding steroid dienone is 2. The maximum absolute atomic E-state index is 13.6.